The average Bonchev–Trinajstić information content (AvgIpc) is 2.43. The zero-order valence-corrected chi connectivity index (χ0v) is 7.94. The fourth-order valence-electron chi connectivity index (χ4n) is 1.47. The van der Waals surface area contributed by atoms with E-state index in [1.807, 2.05) is 37.4 Å². The van der Waals surface area contributed by atoms with E-state index >= 15 is 0 Å². The van der Waals surface area contributed by atoms with Crippen molar-refractivity contribution >= 4 is 5.82 Å². The maximum Gasteiger partial charge on any atom is 0.143 e. The van der Waals surface area contributed by atoms with Gasteiger partial charge in [0.25, 0.3) is 0 Å². The van der Waals surface area contributed by atoms with E-state index in [0.29, 0.717) is 11.3 Å². The van der Waals surface area contributed by atoms with E-state index in [1.54, 1.807) is 15.4 Å². The van der Waals surface area contributed by atoms with Gasteiger partial charge in [0.1, 0.15) is 11.3 Å². The number of nitrogen functional groups attached to an aromatic ring is 1. The number of para-hydroxylation sites is 1. The van der Waals surface area contributed by atoms with Gasteiger partial charge in [-0.2, -0.15) is 0 Å². The molecule has 14 heavy (non-hydrogen) atoms. The molecule has 4 nitrogen and oxygen atoms in total. The Morgan fingerprint density at radius 1 is 1.21 bits per heavy atom. The maximum atomic E-state index is 7.59. The molecule has 0 unspecified atom stereocenters. The number of nitrogens with two attached hydrogens (primary N) is 1. The van der Waals surface area contributed by atoms with Crippen molar-refractivity contribution in [3.63, 3.8) is 0 Å². The lowest BCUT2D eigenvalue weighted by Gasteiger charge is -2.09. The Hall–Kier alpha value is -1.97. The predicted molar refractivity (Wildman–Crippen MR) is 55.0 cm³/mol. The van der Waals surface area contributed by atoms with Gasteiger partial charge in [-0.25, -0.2) is 4.68 Å². The molecule has 0 radical (unpaired) electrons. The molecule has 0 saturated heterocycles. The van der Waals surface area contributed by atoms with Crippen LogP contribution in [0, 0.1) is 5.41 Å². The van der Waals surface area contributed by atoms with Crippen molar-refractivity contribution in [2.24, 2.45) is 7.05 Å². The molecule has 0 saturated carbocycles. The van der Waals surface area contributed by atoms with Crippen LogP contribution in [0.1, 0.15) is 0 Å². The number of anilines is 1. The summed E-state index contributed by atoms with van der Waals surface area (Å²) in [5.41, 5.74) is 7.16. The van der Waals surface area contributed by atoms with E-state index in [0.717, 1.165) is 5.69 Å². The smallest absolute Gasteiger partial charge is 0.143 e. The van der Waals surface area contributed by atoms with E-state index < -0.39 is 0 Å². The molecule has 3 N–H and O–H groups in total. The summed E-state index contributed by atoms with van der Waals surface area (Å²) in [7, 11) is 1.81. The van der Waals surface area contributed by atoms with E-state index in [2.05, 4.69) is 0 Å². The normalized spacial score (nSPS) is 10.4. The minimum absolute atomic E-state index is 0.395. The molecule has 1 heterocycles. The molecule has 0 amide bonds. The maximum absolute atomic E-state index is 7.59. The summed E-state index contributed by atoms with van der Waals surface area (Å²) in [6.07, 6.45) is 0. The van der Waals surface area contributed by atoms with Gasteiger partial charge in [-0.15, -0.1) is 0 Å². The summed E-state index contributed by atoms with van der Waals surface area (Å²) in [5, 5.41) is 7.59. The second kappa shape index (κ2) is 3.06. The van der Waals surface area contributed by atoms with Gasteiger partial charge >= 0.3 is 0 Å². The van der Waals surface area contributed by atoms with E-state index in [9.17, 15) is 0 Å². The summed E-state index contributed by atoms with van der Waals surface area (Å²) in [6, 6.07) is 11.4. The van der Waals surface area contributed by atoms with Crippen LogP contribution >= 0.6 is 0 Å². The lowest BCUT2D eigenvalue weighted by Crippen LogP contribution is -2.18. The summed E-state index contributed by atoms with van der Waals surface area (Å²) < 4.78 is 3.49. The monoisotopic (exact) mass is 188 g/mol. The molecule has 0 bridgehead atoms. The predicted octanol–water partition coefficient (Wildman–Crippen LogP) is 0.877. The topological polar surface area (TPSA) is 59.7 Å². The molecule has 0 aliphatic heterocycles. The van der Waals surface area contributed by atoms with Crippen molar-refractivity contribution in [2.45, 2.75) is 0 Å². The lowest BCUT2D eigenvalue weighted by molar-refractivity contribution is 0.631. The van der Waals surface area contributed by atoms with Crippen LogP contribution < -0.4 is 11.2 Å². The molecule has 4 heteroatoms. The molecule has 1 aromatic heterocycles. The van der Waals surface area contributed by atoms with Gasteiger partial charge in [0.2, 0.25) is 0 Å². The van der Waals surface area contributed by atoms with Crippen LogP contribution in [0.2, 0.25) is 0 Å². The first-order chi connectivity index (χ1) is 6.70. The molecular formula is C10H12N4. The van der Waals surface area contributed by atoms with Gasteiger partial charge in [-0.05, 0) is 12.1 Å². The third kappa shape index (κ3) is 1.21. The minimum Gasteiger partial charge on any atom is -0.384 e. The van der Waals surface area contributed by atoms with Gasteiger partial charge in [-0.3, -0.25) is 10.1 Å². The number of hydrogen-bond acceptors (Lipinski definition) is 2. The van der Waals surface area contributed by atoms with Gasteiger partial charge in [0.05, 0.1) is 5.69 Å². The lowest BCUT2D eigenvalue weighted by atomic mass is 10.3. The molecule has 2 aromatic rings. The highest BCUT2D eigenvalue weighted by molar-refractivity contribution is 5.40. The van der Waals surface area contributed by atoms with Crippen molar-refractivity contribution in [1.29, 1.82) is 5.41 Å². The number of aromatic nitrogens is 2. The van der Waals surface area contributed by atoms with Crippen LogP contribution in [0.4, 0.5) is 5.82 Å². The second-order valence-corrected chi connectivity index (χ2v) is 3.13. The van der Waals surface area contributed by atoms with Gasteiger partial charge in [0, 0.05) is 13.1 Å². The first-order valence-electron chi connectivity index (χ1n) is 4.34. The molecule has 0 atom stereocenters. The largest absolute Gasteiger partial charge is 0.384 e. The highest BCUT2D eigenvalue weighted by atomic mass is 15.4. The zero-order chi connectivity index (χ0) is 10.1. The zero-order valence-electron chi connectivity index (χ0n) is 7.94. The third-order valence-electron chi connectivity index (χ3n) is 2.18. The molecule has 0 spiro atoms. The van der Waals surface area contributed by atoms with Crippen molar-refractivity contribution in [1.82, 2.24) is 9.36 Å². The Balaban J connectivity index is 2.69. The molecule has 0 fully saturated rings. The Kier molecular flexibility index (Phi) is 1.89. The van der Waals surface area contributed by atoms with Crippen molar-refractivity contribution in [3.05, 3.63) is 41.9 Å². The van der Waals surface area contributed by atoms with Crippen LogP contribution in [0.15, 0.2) is 36.4 Å². The number of nitrogens with zero attached hydrogens (tertiary/aromatic N) is 2. The van der Waals surface area contributed by atoms with Gasteiger partial charge < -0.3 is 5.73 Å². The molecule has 1 aromatic carbocycles. The van der Waals surface area contributed by atoms with Crippen molar-refractivity contribution in [3.8, 4) is 5.69 Å². The summed E-state index contributed by atoms with van der Waals surface area (Å²) in [6.45, 7) is 0. The van der Waals surface area contributed by atoms with Crippen molar-refractivity contribution < 1.29 is 0 Å². The van der Waals surface area contributed by atoms with E-state index in [-0.39, 0.29) is 0 Å². The minimum atomic E-state index is 0.395. The molecule has 0 aliphatic carbocycles. The Labute approximate surface area is 81.7 Å². The summed E-state index contributed by atoms with van der Waals surface area (Å²) >= 11 is 0. The number of rotatable bonds is 1. The van der Waals surface area contributed by atoms with Crippen LogP contribution in [-0.2, 0) is 7.05 Å². The second-order valence-electron chi connectivity index (χ2n) is 3.13. The van der Waals surface area contributed by atoms with Crippen LogP contribution in [0.3, 0.4) is 0 Å². The fourth-order valence-corrected chi connectivity index (χ4v) is 1.47. The number of benzene rings is 1. The first kappa shape index (κ1) is 8.62. The van der Waals surface area contributed by atoms with Gasteiger partial charge in [0.15, 0.2) is 0 Å². The van der Waals surface area contributed by atoms with Crippen LogP contribution in [0.25, 0.3) is 5.69 Å². The van der Waals surface area contributed by atoms with Crippen LogP contribution in [0.5, 0.6) is 0 Å². The fraction of sp³-hybridized carbons (Fsp3) is 0.100. The van der Waals surface area contributed by atoms with E-state index in [4.69, 9.17) is 11.1 Å². The Bertz CT molecular complexity index is 493. The standard InChI is InChI=1S/C10H12N4/c1-13-9(11)7-10(12)14(13)8-5-3-2-4-6-8/h2-7,11H,12H2,1H3. The van der Waals surface area contributed by atoms with E-state index in [1.165, 1.54) is 0 Å². The highest BCUT2D eigenvalue weighted by Crippen LogP contribution is 2.10. The quantitative estimate of drug-likeness (QED) is 0.685. The average molecular weight is 188 g/mol. The first-order valence-corrected chi connectivity index (χ1v) is 4.34. The SMILES string of the molecule is Cn1c(=N)cc(N)n1-c1ccccc1. The number of hydrogen-bond donors (Lipinski definition) is 2. The van der Waals surface area contributed by atoms with Gasteiger partial charge in [-0.1, -0.05) is 18.2 Å². The third-order valence-corrected chi connectivity index (χ3v) is 2.18. The molecular weight excluding hydrogens is 176 g/mol. The Morgan fingerprint density at radius 2 is 1.86 bits per heavy atom. The molecule has 2 rings (SSSR count). The molecule has 0 aliphatic rings. The molecule has 72 valence electrons. The summed E-state index contributed by atoms with van der Waals surface area (Å²) in [4.78, 5) is 0. The van der Waals surface area contributed by atoms with Crippen LogP contribution in [-0.4, -0.2) is 9.36 Å². The number of nitrogens with one attached hydrogen (secondary N) is 1. The van der Waals surface area contributed by atoms with Crippen molar-refractivity contribution in [2.75, 3.05) is 5.73 Å². The highest BCUT2D eigenvalue weighted by Gasteiger charge is 2.03. The summed E-state index contributed by atoms with van der Waals surface area (Å²) in [5.74, 6) is 0.573. The Morgan fingerprint density at radius 3 is 2.36 bits per heavy atom.